The minimum atomic E-state index is -3.13. The molecule has 0 atom stereocenters. The molecule has 0 spiro atoms. The van der Waals surface area contributed by atoms with Crippen molar-refractivity contribution in [3.63, 3.8) is 0 Å². The fourth-order valence-corrected chi connectivity index (χ4v) is 20.9. The number of rotatable bonds is 16. The third-order valence-corrected chi connectivity index (χ3v) is 22.8. The van der Waals surface area contributed by atoms with Crippen molar-refractivity contribution < 1.29 is 55.8 Å². The molecule has 20 heteroatoms. The number of halogens is 4. The van der Waals surface area contributed by atoms with E-state index in [4.69, 9.17) is 35.4 Å². The highest BCUT2D eigenvalue weighted by Crippen LogP contribution is 2.62. The van der Waals surface area contributed by atoms with E-state index in [9.17, 15) is 20.4 Å². The maximum absolute atomic E-state index is 10.3. The van der Waals surface area contributed by atoms with Gasteiger partial charge in [-0.15, -0.1) is 0 Å². The lowest BCUT2D eigenvalue weighted by atomic mass is 9.76. The fraction of sp³-hybridized carbons (Fsp3) is 0.538. The Kier molecular flexibility index (Phi) is 16.2. The van der Waals surface area contributed by atoms with Gasteiger partial charge in [0.05, 0.1) is 17.9 Å². The zero-order valence-electron chi connectivity index (χ0n) is 42.5. The van der Waals surface area contributed by atoms with Crippen LogP contribution in [0.25, 0.3) is 0 Å². The Morgan fingerprint density at radius 2 is 0.458 bits per heavy atom. The molecule has 8 bridgehead atoms. The predicted molar refractivity (Wildman–Crippen MR) is 303 cm³/mol. The summed E-state index contributed by atoms with van der Waals surface area (Å²) in [5.41, 5.74) is 7.87. The summed E-state index contributed by atoms with van der Waals surface area (Å²) in [6.07, 6.45) is 7.99. The molecule has 4 N–H and O–H groups in total. The van der Waals surface area contributed by atoms with E-state index in [1.54, 1.807) is 0 Å². The highest BCUT2D eigenvalue weighted by atomic mass is 79.9. The summed E-state index contributed by atoms with van der Waals surface area (Å²) in [6.45, 7) is 16.7. The molecule has 4 heterocycles. The van der Waals surface area contributed by atoms with Gasteiger partial charge in [0.25, 0.3) is 0 Å². The summed E-state index contributed by atoms with van der Waals surface area (Å²) in [4.78, 5) is 0. The second-order valence-electron chi connectivity index (χ2n) is 21.6. The molecule has 5 aliphatic rings. The molecule has 0 amide bonds. The lowest BCUT2D eigenvalue weighted by Gasteiger charge is -2.42. The molecular formula is C52H68Br4O12Si4. The van der Waals surface area contributed by atoms with Crippen molar-refractivity contribution in [3.8, 4) is 46.0 Å². The molecule has 9 rings (SSSR count). The third kappa shape index (κ3) is 10.5. The van der Waals surface area contributed by atoms with Gasteiger partial charge in [-0.05, 0) is 139 Å². The smallest absolute Gasteiger partial charge is 0.454 e. The molecule has 0 aromatic heterocycles. The van der Waals surface area contributed by atoms with Gasteiger partial charge < -0.3 is 55.8 Å². The molecule has 4 aromatic rings. The molecule has 392 valence electrons. The summed E-state index contributed by atoms with van der Waals surface area (Å²) < 4.78 is 61.1. The molecule has 0 fully saturated rings. The molecule has 0 saturated carbocycles. The second kappa shape index (κ2) is 21.4. The standard InChI is InChI=1S/C52H68Br4O12Si4/c1-69(2)61-45-33-25-35-30(18-10-14-22-58)37-27-39-32(20-12-16-24-60)40-28-38-31(19-11-15-23-59)36-26-34(29(33)17-9-13-21-57)46(62-69)42(54)48(36)64-71(5,6)66-50(38)44(56)52(40)68-72(7,8)67-51(39)43(55)49(37)65-70(3,4)63-47(35)41(45)53/h25-32,57-60H,9-24H2,1-8H3. The second-order valence-corrected chi connectivity index (χ2v) is 37.6. The highest BCUT2D eigenvalue weighted by Gasteiger charge is 2.48. The minimum Gasteiger partial charge on any atom is -0.511 e. The first-order chi connectivity index (χ1) is 34.1. The van der Waals surface area contributed by atoms with Gasteiger partial charge in [-0.2, -0.15) is 0 Å². The Labute approximate surface area is 462 Å². The van der Waals surface area contributed by atoms with Crippen molar-refractivity contribution in [3.05, 3.63) is 86.7 Å². The molecule has 0 unspecified atom stereocenters. The fourth-order valence-electron chi connectivity index (χ4n) is 11.3. The first-order valence-corrected chi connectivity index (χ1v) is 40.0. The van der Waals surface area contributed by atoms with E-state index in [0.717, 1.165) is 70.2 Å². The van der Waals surface area contributed by atoms with Crippen molar-refractivity contribution in [2.45, 2.75) is 153 Å². The van der Waals surface area contributed by atoms with E-state index < -0.39 is 34.2 Å². The molecular weight excluding hydrogens is 1250 g/mol. The summed E-state index contributed by atoms with van der Waals surface area (Å²) in [5.74, 6) is 4.19. The average Bonchev–Trinajstić information content (AvgIpc) is 3.29. The van der Waals surface area contributed by atoms with Crippen molar-refractivity contribution >= 4 is 98.0 Å². The van der Waals surface area contributed by atoms with E-state index in [-0.39, 0.29) is 50.1 Å². The molecule has 72 heavy (non-hydrogen) atoms. The van der Waals surface area contributed by atoms with Crippen LogP contribution in [0.4, 0.5) is 0 Å². The van der Waals surface area contributed by atoms with Crippen LogP contribution in [-0.4, -0.2) is 81.1 Å². The average molecular weight is 1320 g/mol. The largest absolute Gasteiger partial charge is 0.511 e. The van der Waals surface area contributed by atoms with Gasteiger partial charge in [0.2, 0.25) is 0 Å². The van der Waals surface area contributed by atoms with E-state index in [1.807, 2.05) is 0 Å². The van der Waals surface area contributed by atoms with E-state index in [2.05, 4.69) is 140 Å². The molecule has 4 aromatic carbocycles. The number of unbranched alkanes of at least 4 members (excludes halogenated alkanes) is 4. The van der Waals surface area contributed by atoms with Gasteiger partial charge in [0.15, 0.2) is 0 Å². The van der Waals surface area contributed by atoms with Gasteiger partial charge in [-0.1, -0.05) is 25.7 Å². The van der Waals surface area contributed by atoms with Gasteiger partial charge in [-0.3, -0.25) is 0 Å². The topological polar surface area (TPSA) is 155 Å². The third-order valence-electron chi connectivity index (χ3n) is 14.3. The number of benzene rings is 4. The van der Waals surface area contributed by atoms with Crippen LogP contribution < -0.4 is 35.4 Å². The zero-order valence-corrected chi connectivity index (χ0v) is 52.8. The molecule has 0 saturated heterocycles. The van der Waals surface area contributed by atoms with E-state index in [0.29, 0.717) is 115 Å². The van der Waals surface area contributed by atoms with Crippen molar-refractivity contribution in [1.82, 2.24) is 0 Å². The number of aliphatic hydroxyl groups is 4. The van der Waals surface area contributed by atoms with Crippen LogP contribution in [0.5, 0.6) is 46.0 Å². The van der Waals surface area contributed by atoms with E-state index >= 15 is 0 Å². The predicted octanol–water partition coefficient (Wildman–Crippen LogP) is 14.1. The van der Waals surface area contributed by atoms with Crippen molar-refractivity contribution in [2.24, 2.45) is 0 Å². The maximum atomic E-state index is 10.3. The van der Waals surface area contributed by atoms with Crippen LogP contribution in [0.15, 0.2) is 42.2 Å². The maximum Gasteiger partial charge on any atom is 0.454 e. The van der Waals surface area contributed by atoms with Crippen molar-refractivity contribution in [2.75, 3.05) is 26.4 Å². The van der Waals surface area contributed by atoms with Gasteiger partial charge >= 0.3 is 34.2 Å². The van der Waals surface area contributed by atoms with Crippen molar-refractivity contribution in [1.29, 1.82) is 0 Å². The van der Waals surface area contributed by atoms with Gasteiger partial charge in [-0.25, -0.2) is 0 Å². The quantitative estimate of drug-likeness (QED) is 0.0623. The zero-order chi connectivity index (χ0) is 51.7. The highest BCUT2D eigenvalue weighted by molar-refractivity contribution is 9.11. The van der Waals surface area contributed by atoms with Crippen LogP contribution in [0.2, 0.25) is 52.4 Å². The number of aliphatic hydroxyl groups excluding tert-OH is 4. The minimum absolute atomic E-state index is 0.0577. The lowest BCUT2D eigenvalue weighted by molar-refractivity contribution is 0.281. The number of hydrogen-bond donors (Lipinski definition) is 4. The van der Waals surface area contributed by atoms with Crippen LogP contribution in [0.1, 0.15) is 145 Å². The lowest BCUT2D eigenvalue weighted by Crippen LogP contribution is -2.46. The Morgan fingerprint density at radius 3 is 0.597 bits per heavy atom. The summed E-state index contributed by atoms with van der Waals surface area (Å²) in [6, 6.07) is 9.27. The summed E-state index contributed by atoms with van der Waals surface area (Å²) in [7, 11) is -12.5. The Bertz CT molecular complexity index is 2230. The number of hydrogen-bond acceptors (Lipinski definition) is 12. The molecule has 4 aliphatic heterocycles. The van der Waals surface area contributed by atoms with Crippen LogP contribution in [0.3, 0.4) is 0 Å². The van der Waals surface area contributed by atoms with Gasteiger partial charge in [0, 0.05) is 147 Å². The van der Waals surface area contributed by atoms with E-state index in [1.165, 1.54) is 0 Å². The Balaban J connectivity index is 1.52. The van der Waals surface area contributed by atoms with Crippen LogP contribution in [0, 0.1) is 0 Å². The molecule has 1 aliphatic carbocycles. The first-order valence-electron chi connectivity index (χ1n) is 25.5. The van der Waals surface area contributed by atoms with Crippen LogP contribution in [-0.2, 0) is 0 Å². The normalized spacial score (nSPS) is 21.9. The van der Waals surface area contributed by atoms with Crippen LogP contribution >= 0.6 is 63.7 Å². The molecule has 12 nitrogen and oxygen atoms in total. The summed E-state index contributed by atoms with van der Waals surface area (Å²) >= 11 is 16.7. The monoisotopic (exact) mass is 1310 g/mol. The Morgan fingerprint density at radius 1 is 0.306 bits per heavy atom. The SMILES string of the molecule is C[Si]1(C)Oc2c3cc4c(c2Br)O[Si](C)(C)Oc2c(cc5c(c2Br)O[Si](C)(C)Oc2c(cc6c(c2Br)O[Si](C)(C)Oc2c(cc(c(c2Br)O1)C3CCCCO)C6CCCCO)C5CCCCO)C4CCCCO. The first kappa shape index (κ1) is 54.7. The van der Waals surface area contributed by atoms with Gasteiger partial charge in [0.1, 0.15) is 46.0 Å². The Hall–Kier alpha value is -2.09. The molecule has 0 radical (unpaired) electrons. The summed E-state index contributed by atoms with van der Waals surface area (Å²) in [5, 5.41) is 41.2.